The average molecular weight is 231 g/mol. The fourth-order valence-corrected chi connectivity index (χ4v) is 3.39. The highest BCUT2D eigenvalue weighted by atomic mass is 16.3. The highest BCUT2D eigenvalue weighted by molar-refractivity contribution is 5.24. The summed E-state index contributed by atoms with van der Waals surface area (Å²) in [6.45, 7) is 1.87. The summed E-state index contributed by atoms with van der Waals surface area (Å²) in [4.78, 5) is 2.50. The molecule has 1 atom stereocenters. The molecular weight excluding hydrogens is 210 g/mol. The summed E-state index contributed by atoms with van der Waals surface area (Å²) >= 11 is 0. The summed E-state index contributed by atoms with van der Waals surface area (Å²) in [6.07, 6.45) is 6.26. The molecule has 0 bridgehead atoms. The Labute approximate surface area is 103 Å². The van der Waals surface area contributed by atoms with Crippen molar-refractivity contribution in [2.24, 2.45) is 0 Å². The Morgan fingerprint density at radius 3 is 2.53 bits per heavy atom. The molecule has 2 nitrogen and oxygen atoms in total. The van der Waals surface area contributed by atoms with Crippen molar-refractivity contribution in [3.8, 4) is 0 Å². The summed E-state index contributed by atoms with van der Waals surface area (Å²) in [5.41, 5.74) is 0.477. The first-order chi connectivity index (χ1) is 8.28. The van der Waals surface area contributed by atoms with Gasteiger partial charge in [0.05, 0.1) is 0 Å². The smallest absolute Gasteiger partial charge is 0.103 e. The second-order valence-corrected chi connectivity index (χ2v) is 5.56. The predicted molar refractivity (Wildman–Crippen MR) is 68.8 cm³/mol. The van der Waals surface area contributed by atoms with Gasteiger partial charge < -0.3 is 5.11 Å². The monoisotopic (exact) mass is 231 g/mol. The number of hydrogen-bond donors (Lipinski definition) is 1. The first kappa shape index (κ1) is 11.2. The van der Waals surface area contributed by atoms with E-state index in [0.29, 0.717) is 0 Å². The molecule has 0 amide bonds. The number of aliphatic hydroxyl groups is 1. The van der Waals surface area contributed by atoms with Gasteiger partial charge in [-0.3, -0.25) is 4.90 Å². The molecule has 1 aromatic carbocycles. The molecule has 2 heteroatoms. The first-order valence-electron chi connectivity index (χ1n) is 6.80. The van der Waals surface area contributed by atoms with Crippen LogP contribution in [0.2, 0.25) is 0 Å². The second kappa shape index (κ2) is 4.43. The quantitative estimate of drug-likeness (QED) is 0.845. The Kier molecular flexibility index (Phi) is 2.93. The number of hydrogen-bond acceptors (Lipinski definition) is 2. The minimum absolute atomic E-state index is 0.607. The van der Waals surface area contributed by atoms with Gasteiger partial charge in [-0.15, -0.1) is 0 Å². The molecule has 92 valence electrons. The molecule has 1 aliphatic heterocycles. The van der Waals surface area contributed by atoms with Gasteiger partial charge in [-0.05, 0) is 24.8 Å². The third kappa shape index (κ3) is 2.12. The molecule has 2 aliphatic rings. The maximum absolute atomic E-state index is 10.8. The summed E-state index contributed by atoms with van der Waals surface area (Å²) in [7, 11) is 0. The molecule has 1 unspecified atom stereocenters. The molecule has 2 fully saturated rings. The number of benzene rings is 1. The van der Waals surface area contributed by atoms with E-state index in [4.69, 9.17) is 0 Å². The minimum atomic E-state index is -0.607. The Balaban J connectivity index is 1.74. The van der Waals surface area contributed by atoms with Gasteiger partial charge in [0.2, 0.25) is 0 Å². The standard InChI is InChI=1S/C15H21NO/c17-15(13-6-2-1-3-7-13)10-11-16(12-15)14-8-4-5-9-14/h1-3,6-7,14,17H,4-5,8-12H2. The molecule has 1 aliphatic carbocycles. The molecule has 0 spiro atoms. The van der Waals surface area contributed by atoms with Crippen molar-refractivity contribution in [3.05, 3.63) is 35.9 Å². The van der Waals surface area contributed by atoms with Crippen LogP contribution < -0.4 is 0 Å². The molecule has 1 saturated heterocycles. The number of rotatable bonds is 2. The lowest BCUT2D eigenvalue weighted by Gasteiger charge is -2.27. The SMILES string of the molecule is OC1(c2ccccc2)CCN(C2CCCC2)C1. The summed E-state index contributed by atoms with van der Waals surface area (Å²) in [5, 5.41) is 10.8. The van der Waals surface area contributed by atoms with Crippen molar-refractivity contribution in [1.29, 1.82) is 0 Å². The molecule has 17 heavy (non-hydrogen) atoms. The van der Waals surface area contributed by atoms with Gasteiger partial charge >= 0.3 is 0 Å². The lowest BCUT2D eigenvalue weighted by Crippen LogP contribution is -2.35. The zero-order valence-corrected chi connectivity index (χ0v) is 10.3. The average Bonchev–Trinajstić information content (AvgIpc) is 3.00. The van der Waals surface area contributed by atoms with Crippen molar-refractivity contribution in [1.82, 2.24) is 4.90 Å². The van der Waals surface area contributed by atoms with Crippen LogP contribution in [0.1, 0.15) is 37.7 Å². The van der Waals surface area contributed by atoms with Crippen LogP contribution in [0.25, 0.3) is 0 Å². The third-order valence-corrected chi connectivity index (χ3v) is 4.43. The Bertz CT molecular complexity index is 372. The Hall–Kier alpha value is -0.860. The zero-order chi connectivity index (χ0) is 11.7. The van der Waals surface area contributed by atoms with E-state index in [1.165, 1.54) is 25.7 Å². The maximum Gasteiger partial charge on any atom is 0.103 e. The van der Waals surface area contributed by atoms with Crippen LogP contribution in [0.15, 0.2) is 30.3 Å². The van der Waals surface area contributed by atoms with E-state index in [1.54, 1.807) is 0 Å². The number of nitrogens with zero attached hydrogens (tertiary/aromatic N) is 1. The van der Waals surface area contributed by atoms with Crippen LogP contribution in [-0.2, 0) is 5.60 Å². The molecule has 0 radical (unpaired) electrons. The highest BCUT2D eigenvalue weighted by Gasteiger charge is 2.40. The first-order valence-corrected chi connectivity index (χ1v) is 6.80. The zero-order valence-electron chi connectivity index (χ0n) is 10.3. The number of likely N-dealkylation sites (tertiary alicyclic amines) is 1. The van der Waals surface area contributed by atoms with Gasteiger partial charge in [-0.25, -0.2) is 0 Å². The summed E-state index contributed by atoms with van der Waals surface area (Å²) < 4.78 is 0. The molecule has 1 aromatic rings. The fourth-order valence-electron chi connectivity index (χ4n) is 3.39. The van der Waals surface area contributed by atoms with E-state index in [1.807, 2.05) is 18.2 Å². The van der Waals surface area contributed by atoms with Gasteiger partial charge in [-0.1, -0.05) is 43.2 Å². The largest absolute Gasteiger partial charge is 0.384 e. The van der Waals surface area contributed by atoms with Crippen molar-refractivity contribution < 1.29 is 5.11 Å². The summed E-state index contributed by atoms with van der Waals surface area (Å²) in [5.74, 6) is 0. The summed E-state index contributed by atoms with van der Waals surface area (Å²) in [6, 6.07) is 10.9. The molecule has 1 N–H and O–H groups in total. The van der Waals surface area contributed by atoms with E-state index >= 15 is 0 Å². The van der Waals surface area contributed by atoms with Crippen molar-refractivity contribution >= 4 is 0 Å². The van der Waals surface area contributed by atoms with Crippen molar-refractivity contribution in [2.45, 2.75) is 43.7 Å². The van der Waals surface area contributed by atoms with Crippen LogP contribution in [0, 0.1) is 0 Å². The van der Waals surface area contributed by atoms with Gasteiger partial charge in [0, 0.05) is 19.1 Å². The third-order valence-electron chi connectivity index (χ3n) is 4.43. The maximum atomic E-state index is 10.8. The molecule has 1 heterocycles. The van der Waals surface area contributed by atoms with E-state index in [0.717, 1.165) is 31.1 Å². The van der Waals surface area contributed by atoms with Gasteiger partial charge in [0.15, 0.2) is 0 Å². The van der Waals surface area contributed by atoms with Gasteiger partial charge in [0.25, 0.3) is 0 Å². The van der Waals surface area contributed by atoms with Crippen LogP contribution in [0.3, 0.4) is 0 Å². The highest BCUT2D eigenvalue weighted by Crippen LogP contribution is 2.35. The van der Waals surface area contributed by atoms with Crippen LogP contribution in [0.4, 0.5) is 0 Å². The Morgan fingerprint density at radius 2 is 1.82 bits per heavy atom. The lowest BCUT2D eigenvalue weighted by atomic mass is 9.93. The van der Waals surface area contributed by atoms with Crippen molar-refractivity contribution in [3.63, 3.8) is 0 Å². The van der Waals surface area contributed by atoms with E-state index in [2.05, 4.69) is 17.0 Å². The van der Waals surface area contributed by atoms with Crippen molar-refractivity contribution in [2.75, 3.05) is 13.1 Å². The van der Waals surface area contributed by atoms with E-state index in [9.17, 15) is 5.11 Å². The van der Waals surface area contributed by atoms with Crippen LogP contribution in [0.5, 0.6) is 0 Å². The molecule has 0 aromatic heterocycles. The van der Waals surface area contributed by atoms with Crippen LogP contribution in [-0.4, -0.2) is 29.1 Å². The topological polar surface area (TPSA) is 23.5 Å². The van der Waals surface area contributed by atoms with E-state index < -0.39 is 5.60 Å². The normalized spacial score (nSPS) is 31.1. The number of β-amino-alcohol motifs (C(OH)–C–C–N with tert-alkyl or cyclic N) is 1. The van der Waals surface area contributed by atoms with Gasteiger partial charge in [0.1, 0.15) is 5.60 Å². The van der Waals surface area contributed by atoms with Gasteiger partial charge in [-0.2, -0.15) is 0 Å². The van der Waals surface area contributed by atoms with Crippen LogP contribution >= 0.6 is 0 Å². The second-order valence-electron chi connectivity index (χ2n) is 5.56. The molecule has 1 saturated carbocycles. The lowest BCUT2D eigenvalue weighted by molar-refractivity contribution is 0.0407. The molecular formula is C15H21NO. The van der Waals surface area contributed by atoms with E-state index in [-0.39, 0.29) is 0 Å². The predicted octanol–water partition coefficient (Wildman–Crippen LogP) is 2.52. The Morgan fingerprint density at radius 1 is 1.12 bits per heavy atom. The minimum Gasteiger partial charge on any atom is -0.384 e. The molecule has 3 rings (SSSR count). The fraction of sp³-hybridized carbons (Fsp3) is 0.600.